The van der Waals surface area contributed by atoms with Crippen LogP contribution in [0.1, 0.15) is 22.3 Å². The number of para-hydroxylation sites is 4. The maximum absolute atomic E-state index is 2.54. The normalized spacial score (nSPS) is 12.2. The first-order valence-corrected chi connectivity index (χ1v) is 21.6. The fourth-order valence-electron chi connectivity index (χ4n) is 10.6. The summed E-state index contributed by atoms with van der Waals surface area (Å²) in [5, 5.41) is 10.2. The van der Waals surface area contributed by atoms with E-state index in [-0.39, 0.29) is 0 Å². The molecule has 0 unspecified atom stereocenters. The van der Waals surface area contributed by atoms with Crippen molar-refractivity contribution in [3.63, 3.8) is 0 Å². The summed E-state index contributed by atoms with van der Waals surface area (Å²) in [6, 6.07) is 67.7. The third kappa shape index (κ3) is 4.83. The second-order valence-electron chi connectivity index (χ2n) is 17.3. The van der Waals surface area contributed by atoms with Crippen molar-refractivity contribution < 1.29 is 0 Å². The van der Waals surface area contributed by atoms with Crippen LogP contribution in [0.15, 0.2) is 182 Å². The molecule has 0 amide bonds. The minimum Gasteiger partial charge on any atom is -0.310 e. The van der Waals surface area contributed by atoms with Crippen LogP contribution < -0.4 is 9.80 Å². The summed E-state index contributed by atoms with van der Waals surface area (Å²) in [7, 11) is 0. The summed E-state index contributed by atoms with van der Waals surface area (Å²) in [5.41, 5.74) is 19.4. The molecule has 0 saturated heterocycles. The SMILES string of the molecule is Cc1ccc(C)c(N(c2ccccc2)c2ccc3c4cccc5c6cc7c(cc6n(c3c2)c45)c2cccc3c4ccc(N(c5ccccc5)c5cc(C)ccc5C)cc4n7c32)c1. The predicted octanol–water partition coefficient (Wildman–Crippen LogP) is 16.2. The van der Waals surface area contributed by atoms with E-state index in [1.807, 2.05) is 0 Å². The van der Waals surface area contributed by atoms with Gasteiger partial charge in [-0.15, -0.1) is 0 Å². The molecule has 0 saturated carbocycles. The van der Waals surface area contributed by atoms with Crippen molar-refractivity contribution in [2.75, 3.05) is 9.80 Å². The summed E-state index contributed by atoms with van der Waals surface area (Å²) < 4.78 is 5.08. The zero-order chi connectivity index (χ0) is 41.4. The molecule has 294 valence electrons. The average Bonchev–Trinajstić information content (AvgIpc) is 4.02. The topological polar surface area (TPSA) is 15.3 Å². The van der Waals surface area contributed by atoms with Crippen LogP contribution in [-0.4, -0.2) is 8.80 Å². The maximum Gasteiger partial charge on any atom is 0.0620 e. The molecule has 0 bridgehead atoms. The van der Waals surface area contributed by atoms with Crippen LogP contribution in [0.4, 0.5) is 34.1 Å². The molecule has 13 aromatic rings. The zero-order valence-corrected chi connectivity index (χ0v) is 35.1. The Labute approximate surface area is 359 Å². The minimum absolute atomic E-state index is 1.14. The van der Waals surface area contributed by atoms with Gasteiger partial charge in [0.15, 0.2) is 0 Å². The molecule has 4 aromatic heterocycles. The van der Waals surface area contributed by atoms with Crippen LogP contribution in [0.25, 0.3) is 76.2 Å². The Balaban J connectivity index is 1.08. The predicted molar refractivity (Wildman–Crippen MR) is 264 cm³/mol. The highest BCUT2D eigenvalue weighted by molar-refractivity contribution is 6.29. The number of hydrogen-bond donors (Lipinski definition) is 0. The lowest BCUT2D eigenvalue weighted by Gasteiger charge is -2.27. The molecule has 9 aromatic carbocycles. The number of aromatic nitrogens is 2. The van der Waals surface area contributed by atoms with Crippen molar-refractivity contribution >= 4 is 110 Å². The summed E-state index contributed by atoms with van der Waals surface area (Å²) in [4.78, 5) is 4.83. The van der Waals surface area contributed by atoms with Gasteiger partial charge >= 0.3 is 0 Å². The van der Waals surface area contributed by atoms with Gasteiger partial charge in [-0.3, -0.25) is 0 Å². The highest BCUT2D eigenvalue weighted by Gasteiger charge is 2.25. The molecular formula is C58H42N4. The van der Waals surface area contributed by atoms with Crippen LogP contribution >= 0.6 is 0 Å². The van der Waals surface area contributed by atoms with Crippen molar-refractivity contribution in [2.24, 2.45) is 0 Å². The molecule has 0 aliphatic heterocycles. The lowest BCUT2D eigenvalue weighted by Crippen LogP contribution is -2.11. The highest BCUT2D eigenvalue weighted by atomic mass is 15.2. The summed E-state index contributed by atoms with van der Waals surface area (Å²) in [6.07, 6.45) is 0. The Morgan fingerprint density at radius 3 is 1.10 bits per heavy atom. The number of rotatable bonds is 6. The Bertz CT molecular complexity index is 3650. The van der Waals surface area contributed by atoms with E-state index in [2.05, 4.69) is 228 Å². The van der Waals surface area contributed by atoms with E-state index >= 15 is 0 Å². The van der Waals surface area contributed by atoms with Gasteiger partial charge in [-0.1, -0.05) is 109 Å². The van der Waals surface area contributed by atoms with Crippen molar-refractivity contribution in [3.8, 4) is 0 Å². The summed E-state index contributed by atoms with van der Waals surface area (Å²) >= 11 is 0. The Hall–Kier alpha value is -7.82. The monoisotopic (exact) mass is 794 g/mol. The number of nitrogens with zero attached hydrogens (tertiary/aromatic N) is 4. The van der Waals surface area contributed by atoms with Crippen LogP contribution in [-0.2, 0) is 0 Å². The number of benzene rings is 9. The molecule has 62 heavy (non-hydrogen) atoms. The molecule has 0 fully saturated rings. The Kier molecular flexibility index (Phi) is 7.25. The van der Waals surface area contributed by atoms with Gasteiger partial charge in [0.2, 0.25) is 0 Å². The van der Waals surface area contributed by atoms with E-state index in [1.165, 1.54) is 110 Å². The van der Waals surface area contributed by atoms with Crippen LogP contribution in [0, 0.1) is 27.7 Å². The largest absolute Gasteiger partial charge is 0.310 e. The van der Waals surface area contributed by atoms with Gasteiger partial charge in [-0.05, 0) is 123 Å². The van der Waals surface area contributed by atoms with Crippen molar-refractivity contribution in [2.45, 2.75) is 27.7 Å². The van der Waals surface area contributed by atoms with Gasteiger partial charge in [0.05, 0.1) is 33.1 Å². The molecule has 4 nitrogen and oxygen atoms in total. The van der Waals surface area contributed by atoms with Crippen LogP contribution in [0.2, 0.25) is 0 Å². The lowest BCUT2D eigenvalue weighted by molar-refractivity contribution is 1.24. The molecule has 0 atom stereocenters. The Morgan fingerprint density at radius 2 is 0.677 bits per heavy atom. The van der Waals surface area contributed by atoms with E-state index < -0.39 is 0 Å². The molecular weight excluding hydrogens is 753 g/mol. The van der Waals surface area contributed by atoms with Crippen molar-refractivity contribution in [3.05, 3.63) is 204 Å². The van der Waals surface area contributed by atoms with Gasteiger partial charge in [0, 0.05) is 77.2 Å². The number of hydrogen-bond acceptors (Lipinski definition) is 2. The van der Waals surface area contributed by atoms with E-state index in [4.69, 9.17) is 0 Å². The first-order chi connectivity index (χ1) is 30.4. The number of fused-ring (bicyclic) bond motifs is 12. The van der Waals surface area contributed by atoms with Crippen molar-refractivity contribution in [1.82, 2.24) is 8.80 Å². The van der Waals surface area contributed by atoms with Crippen LogP contribution in [0.3, 0.4) is 0 Å². The van der Waals surface area contributed by atoms with E-state index in [0.717, 1.165) is 22.7 Å². The second-order valence-corrected chi connectivity index (χ2v) is 17.3. The van der Waals surface area contributed by atoms with Gasteiger partial charge < -0.3 is 18.6 Å². The second kappa shape index (κ2) is 12.8. The Morgan fingerprint density at radius 1 is 0.290 bits per heavy atom. The fourth-order valence-corrected chi connectivity index (χ4v) is 10.6. The lowest BCUT2D eigenvalue weighted by atomic mass is 10.0. The maximum atomic E-state index is 2.54. The molecule has 0 aliphatic rings. The number of aryl methyl sites for hydroxylation is 4. The summed E-state index contributed by atoms with van der Waals surface area (Å²) in [6.45, 7) is 8.78. The van der Waals surface area contributed by atoms with Gasteiger partial charge in [0.25, 0.3) is 0 Å². The smallest absolute Gasteiger partial charge is 0.0620 e. The van der Waals surface area contributed by atoms with Gasteiger partial charge in [0.1, 0.15) is 0 Å². The molecule has 4 heteroatoms. The first kappa shape index (κ1) is 35.0. The third-order valence-electron chi connectivity index (χ3n) is 13.5. The number of anilines is 6. The minimum atomic E-state index is 1.14. The fraction of sp³-hybridized carbons (Fsp3) is 0.0690. The third-order valence-corrected chi connectivity index (χ3v) is 13.5. The molecule has 0 aliphatic carbocycles. The highest BCUT2D eigenvalue weighted by Crippen LogP contribution is 2.47. The zero-order valence-electron chi connectivity index (χ0n) is 35.1. The molecule has 4 heterocycles. The first-order valence-electron chi connectivity index (χ1n) is 21.6. The van der Waals surface area contributed by atoms with E-state index in [0.29, 0.717) is 0 Å². The molecule has 13 rings (SSSR count). The standard InChI is InChI=1S/C58H42N4/c1-35-21-23-37(3)51(29-35)59(39-13-7-5-8-14-39)41-25-27-43-45-17-11-19-47-49-34-56-50(33-55(49)61(57(45)47)53(43)31-41)48-20-12-18-46-44-28-26-42(32-54(44)62(56)58(46)48)60(40-15-9-6-10-16-40)52-30-36(2)22-24-38(52)4/h5-34H,1-4H3. The van der Waals surface area contributed by atoms with Gasteiger partial charge in [-0.2, -0.15) is 0 Å². The van der Waals surface area contributed by atoms with Crippen molar-refractivity contribution in [1.29, 1.82) is 0 Å². The van der Waals surface area contributed by atoms with E-state index in [9.17, 15) is 0 Å². The summed E-state index contributed by atoms with van der Waals surface area (Å²) in [5.74, 6) is 0. The average molecular weight is 795 g/mol. The van der Waals surface area contributed by atoms with Crippen LogP contribution in [0.5, 0.6) is 0 Å². The van der Waals surface area contributed by atoms with E-state index in [1.54, 1.807) is 0 Å². The molecule has 0 radical (unpaired) electrons. The quantitative estimate of drug-likeness (QED) is 0.167. The molecule has 0 spiro atoms. The molecule has 0 N–H and O–H groups in total. The van der Waals surface area contributed by atoms with Gasteiger partial charge in [-0.25, -0.2) is 0 Å².